The second-order valence-corrected chi connectivity index (χ2v) is 3.21. The number of nitrogens with two attached hydrogens (primary N) is 1. The summed E-state index contributed by atoms with van der Waals surface area (Å²) in [5, 5.41) is 0. The van der Waals surface area contributed by atoms with Gasteiger partial charge in [0, 0.05) is 25.5 Å². The first-order valence-corrected chi connectivity index (χ1v) is 5.21. The van der Waals surface area contributed by atoms with Crippen molar-refractivity contribution in [3.63, 3.8) is 0 Å². The van der Waals surface area contributed by atoms with Crippen LogP contribution in [0.3, 0.4) is 0 Å². The average molecular weight is 334 g/mol. The average Bonchev–Trinajstić information content (AvgIpc) is 2.29. The highest BCUT2D eigenvalue weighted by molar-refractivity contribution is 14.0. The Morgan fingerprint density at radius 2 is 2.12 bits per heavy atom. The van der Waals surface area contributed by atoms with Crippen molar-refractivity contribution >= 4 is 29.9 Å². The molecule has 0 aliphatic rings. The maximum atomic E-state index is 5.84. The fourth-order valence-electron chi connectivity index (χ4n) is 1.31. The topological polar surface area (TPSA) is 54.5 Å². The summed E-state index contributed by atoms with van der Waals surface area (Å²) in [5.74, 6) is 0.601. The summed E-state index contributed by atoms with van der Waals surface area (Å²) in [4.78, 5) is 10.4. The van der Waals surface area contributed by atoms with Crippen LogP contribution in [0.1, 0.15) is 19.4 Å². The molecule has 1 aromatic heterocycles. The normalized spacial score (nSPS) is 10.8. The van der Waals surface area contributed by atoms with Gasteiger partial charge >= 0.3 is 0 Å². The first-order valence-electron chi connectivity index (χ1n) is 5.21. The smallest absolute Gasteiger partial charge is 0.191 e. The Balaban J connectivity index is 0.00000225. The van der Waals surface area contributed by atoms with Gasteiger partial charge < -0.3 is 10.6 Å². The lowest BCUT2D eigenvalue weighted by Crippen LogP contribution is -2.37. The number of pyridine rings is 1. The molecule has 1 aromatic rings. The molecule has 0 radical (unpaired) electrons. The molecule has 1 rings (SSSR count). The predicted octanol–water partition coefficient (Wildman–Crippen LogP) is 1.86. The molecule has 0 fully saturated rings. The molecule has 0 saturated heterocycles. The van der Waals surface area contributed by atoms with E-state index in [-0.39, 0.29) is 24.0 Å². The molecule has 1 heterocycles. The minimum atomic E-state index is 0. The van der Waals surface area contributed by atoms with Crippen molar-refractivity contribution in [3.8, 4) is 0 Å². The molecule has 0 unspecified atom stereocenters. The summed E-state index contributed by atoms with van der Waals surface area (Å²) in [6.07, 6.45) is 3.56. The molecule has 0 bridgehead atoms. The number of nitrogens with zero attached hydrogens (tertiary/aromatic N) is 3. The Hall–Kier alpha value is -0.850. The highest BCUT2D eigenvalue weighted by Gasteiger charge is 2.01. The number of aliphatic imine (C=N–C) groups is 1. The molecule has 0 aliphatic carbocycles. The van der Waals surface area contributed by atoms with Gasteiger partial charge in [-0.05, 0) is 25.5 Å². The monoisotopic (exact) mass is 334 g/mol. The summed E-state index contributed by atoms with van der Waals surface area (Å²) in [7, 11) is 0. The zero-order valence-corrected chi connectivity index (χ0v) is 12.1. The molecule has 2 N–H and O–H groups in total. The van der Waals surface area contributed by atoms with Gasteiger partial charge in [0.1, 0.15) is 0 Å². The number of guanidine groups is 1. The fraction of sp³-hybridized carbons (Fsp3) is 0.455. The molecular formula is C11H19IN4. The number of hydrogen-bond acceptors (Lipinski definition) is 2. The number of aromatic nitrogens is 1. The Bertz CT molecular complexity index is 309. The molecule has 0 saturated carbocycles. The Labute approximate surface area is 114 Å². The number of hydrogen-bond donors (Lipinski definition) is 1. The highest BCUT2D eigenvalue weighted by atomic mass is 127. The van der Waals surface area contributed by atoms with Crippen molar-refractivity contribution in [3.05, 3.63) is 30.1 Å². The summed E-state index contributed by atoms with van der Waals surface area (Å²) >= 11 is 0. The van der Waals surface area contributed by atoms with Crippen LogP contribution >= 0.6 is 24.0 Å². The molecule has 5 heteroatoms. The summed E-state index contributed by atoms with van der Waals surface area (Å²) in [6.45, 7) is 6.50. The van der Waals surface area contributed by atoms with Gasteiger partial charge in [-0.25, -0.2) is 4.99 Å². The molecule has 0 spiro atoms. The fourth-order valence-corrected chi connectivity index (χ4v) is 1.31. The molecule has 90 valence electrons. The lowest BCUT2D eigenvalue weighted by atomic mass is 10.3. The summed E-state index contributed by atoms with van der Waals surface area (Å²) in [6, 6.07) is 3.89. The number of rotatable bonds is 4. The first kappa shape index (κ1) is 15.2. The molecule has 0 atom stereocenters. The van der Waals surface area contributed by atoms with Gasteiger partial charge in [0.25, 0.3) is 0 Å². The van der Waals surface area contributed by atoms with Crippen LogP contribution in [-0.4, -0.2) is 28.9 Å². The van der Waals surface area contributed by atoms with E-state index in [1.54, 1.807) is 12.4 Å². The van der Waals surface area contributed by atoms with E-state index in [0.29, 0.717) is 12.5 Å². The maximum Gasteiger partial charge on any atom is 0.191 e. The lowest BCUT2D eigenvalue weighted by Gasteiger charge is -2.19. The van der Waals surface area contributed by atoms with Crippen molar-refractivity contribution < 1.29 is 0 Å². The third kappa shape index (κ3) is 4.78. The zero-order chi connectivity index (χ0) is 11.1. The third-order valence-electron chi connectivity index (χ3n) is 2.23. The molecule has 0 amide bonds. The van der Waals surface area contributed by atoms with Gasteiger partial charge in [-0.1, -0.05) is 6.07 Å². The van der Waals surface area contributed by atoms with E-state index in [4.69, 9.17) is 5.73 Å². The van der Waals surface area contributed by atoms with E-state index in [2.05, 4.69) is 23.8 Å². The molecule has 4 nitrogen and oxygen atoms in total. The van der Waals surface area contributed by atoms with Gasteiger partial charge in [0.2, 0.25) is 0 Å². The Kier molecular flexibility index (Phi) is 7.88. The van der Waals surface area contributed by atoms with Crippen LogP contribution in [0.2, 0.25) is 0 Å². The summed E-state index contributed by atoms with van der Waals surface area (Å²) in [5.41, 5.74) is 6.92. The highest BCUT2D eigenvalue weighted by Crippen LogP contribution is 1.98. The molecule has 16 heavy (non-hydrogen) atoms. The van der Waals surface area contributed by atoms with Crippen molar-refractivity contribution in [2.45, 2.75) is 20.4 Å². The quantitative estimate of drug-likeness (QED) is 0.519. The molecule has 0 aromatic carbocycles. The molecule has 0 aliphatic heterocycles. The van der Waals surface area contributed by atoms with Crippen LogP contribution in [0, 0.1) is 0 Å². The van der Waals surface area contributed by atoms with Crippen LogP contribution < -0.4 is 5.73 Å². The Morgan fingerprint density at radius 3 is 2.62 bits per heavy atom. The van der Waals surface area contributed by atoms with Gasteiger partial charge in [-0.15, -0.1) is 24.0 Å². The summed E-state index contributed by atoms with van der Waals surface area (Å²) < 4.78 is 0. The van der Waals surface area contributed by atoms with Crippen LogP contribution in [-0.2, 0) is 6.54 Å². The standard InChI is InChI=1S/C11H18N4.HI/c1-3-15(4-2)11(12)14-9-10-6-5-7-13-8-10;/h5-8H,3-4,9H2,1-2H3,(H2,12,14);1H. The van der Waals surface area contributed by atoms with E-state index in [1.807, 2.05) is 17.0 Å². The van der Waals surface area contributed by atoms with Gasteiger partial charge in [0.15, 0.2) is 5.96 Å². The minimum absolute atomic E-state index is 0. The van der Waals surface area contributed by atoms with Gasteiger partial charge in [-0.3, -0.25) is 4.98 Å². The largest absolute Gasteiger partial charge is 0.370 e. The van der Waals surface area contributed by atoms with E-state index >= 15 is 0 Å². The second-order valence-electron chi connectivity index (χ2n) is 3.21. The maximum absolute atomic E-state index is 5.84. The SMILES string of the molecule is CCN(CC)C(N)=NCc1cccnc1.I. The van der Waals surface area contributed by atoms with Crippen LogP contribution in [0.5, 0.6) is 0 Å². The van der Waals surface area contributed by atoms with Gasteiger partial charge in [0.05, 0.1) is 6.54 Å². The third-order valence-corrected chi connectivity index (χ3v) is 2.23. The minimum Gasteiger partial charge on any atom is -0.370 e. The van der Waals surface area contributed by atoms with Crippen molar-refractivity contribution in [1.29, 1.82) is 0 Å². The van der Waals surface area contributed by atoms with E-state index < -0.39 is 0 Å². The van der Waals surface area contributed by atoms with Crippen molar-refractivity contribution in [1.82, 2.24) is 9.88 Å². The first-order chi connectivity index (χ1) is 7.27. The van der Waals surface area contributed by atoms with E-state index in [0.717, 1.165) is 18.7 Å². The lowest BCUT2D eigenvalue weighted by molar-refractivity contribution is 0.458. The van der Waals surface area contributed by atoms with Crippen molar-refractivity contribution in [2.24, 2.45) is 10.7 Å². The van der Waals surface area contributed by atoms with Gasteiger partial charge in [-0.2, -0.15) is 0 Å². The molecular weight excluding hydrogens is 315 g/mol. The van der Waals surface area contributed by atoms with E-state index in [9.17, 15) is 0 Å². The second kappa shape index (κ2) is 8.32. The number of halogens is 1. The van der Waals surface area contributed by atoms with Crippen LogP contribution in [0.4, 0.5) is 0 Å². The van der Waals surface area contributed by atoms with Crippen molar-refractivity contribution in [2.75, 3.05) is 13.1 Å². The van der Waals surface area contributed by atoms with E-state index in [1.165, 1.54) is 0 Å². The zero-order valence-electron chi connectivity index (χ0n) is 9.76. The Morgan fingerprint density at radius 1 is 1.44 bits per heavy atom. The van der Waals surface area contributed by atoms with Crippen LogP contribution in [0.25, 0.3) is 0 Å². The predicted molar refractivity (Wildman–Crippen MR) is 77.9 cm³/mol. The van der Waals surface area contributed by atoms with Crippen LogP contribution in [0.15, 0.2) is 29.5 Å².